The Morgan fingerprint density at radius 2 is 2.19 bits per heavy atom. The van der Waals surface area contributed by atoms with Crippen molar-refractivity contribution in [2.75, 3.05) is 5.32 Å². The summed E-state index contributed by atoms with van der Waals surface area (Å²) in [6, 6.07) is 8.00. The maximum atomic E-state index is 12.3. The number of carbonyl (C=O) groups is 1. The molecule has 0 aliphatic heterocycles. The molecule has 1 N–H and O–H groups in total. The smallest absolute Gasteiger partial charge is 0.224 e. The Kier molecular flexibility index (Phi) is 4.24. The highest BCUT2D eigenvalue weighted by molar-refractivity contribution is 5.91. The zero-order valence-corrected chi connectivity index (χ0v) is 14.8. The topological polar surface area (TPSA) is 98.7 Å². The van der Waals surface area contributed by atoms with Gasteiger partial charge >= 0.3 is 0 Å². The van der Waals surface area contributed by atoms with E-state index in [0.717, 1.165) is 46.9 Å². The van der Waals surface area contributed by atoms with Gasteiger partial charge in [0.05, 0.1) is 11.7 Å². The van der Waals surface area contributed by atoms with Crippen molar-refractivity contribution in [2.45, 2.75) is 45.6 Å². The third-order valence-electron chi connectivity index (χ3n) is 4.57. The van der Waals surface area contributed by atoms with E-state index in [1.165, 1.54) is 0 Å². The number of amides is 1. The number of carbonyl (C=O) groups excluding carboxylic acids is 1. The first kappa shape index (κ1) is 16.4. The van der Waals surface area contributed by atoms with Gasteiger partial charge in [0, 0.05) is 23.2 Å². The molecule has 2 aromatic heterocycles. The minimum absolute atomic E-state index is 0.0519. The van der Waals surface area contributed by atoms with Crippen LogP contribution in [0.25, 0.3) is 11.4 Å². The van der Waals surface area contributed by atoms with Crippen LogP contribution in [0.4, 0.5) is 5.69 Å². The fraction of sp³-hybridized carbons (Fsp3) is 0.389. The number of aromatic nitrogens is 5. The van der Waals surface area contributed by atoms with E-state index < -0.39 is 0 Å². The summed E-state index contributed by atoms with van der Waals surface area (Å²) in [5.41, 5.74) is 3.46. The Bertz CT molecular complexity index is 921. The molecule has 4 rings (SSSR count). The highest BCUT2D eigenvalue weighted by atomic mass is 16.5. The van der Waals surface area contributed by atoms with Crippen LogP contribution in [0.1, 0.15) is 42.3 Å². The molecule has 1 fully saturated rings. The van der Waals surface area contributed by atoms with Crippen LogP contribution in [0.3, 0.4) is 0 Å². The van der Waals surface area contributed by atoms with Crippen molar-refractivity contribution in [3.05, 3.63) is 41.3 Å². The van der Waals surface area contributed by atoms with Crippen LogP contribution in [0.15, 0.2) is 28.8 Å². The Balaban J connectivity index is 1.43. The third kappa shape index (κ3) is 3.35. The molecular weight excluding hydrogens is 332 g/mol. The van der Waals surface area contributed by atoms with Gasteiger partial charge in [0.25, 0.3) is 0 Å². The first-order valence-electron chi connectivity index (χ1n) is 8.71. The van der Waals surface area contributed by atoms with Crippen molar-refractivity contribution in [3.63, 3.8) is 0 Å². The van der Waals surface area contributed by atoms with Crippen molar-refractivity contribution in [2.24, 2.45) is 0 Å². The van der Waals surface area contributed by atoms with Gasteiger partial charge < -0.3 is 9.84 Å². The predicted octanol–water partition coefficient (Wildman–Crippen LogP) is 2.85. The van der Waals surface area contributed by atoms with Crippen LogP contribution in [0.2, 0.25) is 0 Å². The summed E-state index contributed by atoms with van der Waals surface area (Å²) < 4.78 is 7.00. The fourth-order valence-electron chi connectivity index (χ4n) is 3.01. The maximum Gasteiger partial charge on any atom is 0.224 e. The predicted molar refractivity (Wildman–Crippen MR) is 94.5 cm³/mol. The molecule has 8 nitrogen and oxygen atoms in total. The van der Waals surface area contributed by atoms with E-state index in [-0.39, 0.29) is 5.91 Å². The molecule has 1 aromatic carbocycles. The standard InChI is InChI=1S/C18H20N6O2/c1-11-16(12(2)26-21-11)8-9-17(25)19-14-5-3-4-13(10-14)18-20-22-23-24(18)15-6-7-15/h3-5,10,15H,6-9H2,1-2H3,(H,19,25). The summed E-state index contributed by atoms with van der Waals surface area (Å²) in [4.78, 5) is 12.3. The molecule has 8 heteroatoms. The van der Waals surface area contributed by atoms with E-state index in [9.17, 15) is 4.79 Å². The molecule has 0 bridgehead atoms. The van der Waals surface area contributed by atoms with Gasteiger partial charge in [-0.15, -0.1) is 5.10 Å². The van der Waals surface area contributed by atoms with Crippen LogP contribution in [0, 0.1) is 13.8 Å². The third-order valence-corrected chi connectivity index (χ3v) is 4.57. The second-order valence-corrected chi connectivity index (χ2v) is 6.61. The van der Waals surface area contributed by atoms with E-state index in [1.54, 1.807) is 0 Å². The molecule has 0 saturated heterocycles. The quantitative estimate of drug-likeness (QED) is 0.732. The molecular formula is C18H20N6O2. The van der Waals surface area contributed by atoms with Gasteiger partial charge in [-0.05, 0) is 55.7 Å². The first-order chi connectivity index (χ1) is 12.6. The first-order valence-corrected chi connectivity index (χ1v) is 8.71. The lowest BCUT2D eigenvalue weighted by Gasteiger charge is -2.08. The van der Waals surface area contributed by atoms with Crippen molar-refractivity contribution in [1.29, 1.82) is 0 Å². The number of tetrazole rings is 1. The number of nitrogens with one attached hydrogen (secondary N) is 1. The van der Waals surface area contributed by atoms with Gasteiger partial charge in [0.2, 0.25) is 5.91 Å². The Morgan fingerprint density at radius 3 is 2.92 bits per heavy atom. The van der Waals surface area contributed by atoms with Crippen LogP contribution in [-0.4, -0.2) is 31.3 Å². The van der Waals surface area contributed by atoms with Gasteiger partial charge in [-0.2, -0.15) is 0 Å². The normalized spacial score (nSPS) is 13.8. The summed E-state index contributed by atoms with van der Waals surface area (Å²) in [6.45, 7) is 3.75. The van der Waals surface area contributed by atoms with Gasteiger partial charge in [0.15, 0.2) is 5.82 Å². The van der Waals surface area contributed by atoms with Crippen molar-refractivity contribution in [3.8, 4) is 11.4 Å². The molecule has 0 radical (unpaired) electrons. The fourth-order valence-corrected chi connectivity index (χ4v) is 3.01. The second kappa shape index (κ2) is 6.70. The molecule has 0 atom stereocenters. The number of rotatable bonds is 6. The zero-order chi connectivity index (χ0) is 18.1. The number of benzene rings is 1. The van der Waals surface area contributed by atoms with E-state index in [4.69, 9.17) is 4.52 Å². The number of anilines is 1. The minimum atomic E-state index is -0.0519. The monoisotopic (exact) mass is 352 g/mol. The van der Waals surface area contributed by atoms with E-state index in [0.29, 0.717) is 18.9 Å². The summed E-state index contributed by atoms with van der Waals surface area (Å²) in [7, 11) is 0. The summed E-state index contributed by atoms with van der Waals surface area (Å²) in [5.74, 6) is 1.45. The van der Waals surface area contributed by atoms with Crippen LogP contribution >= 0.6 is 0 Å². The van der Waals surface area contributed by atoms with Crippen molar-refractivity contribution >= 4 is 11.6 Å². The Labute approximate surface area is 150 Å². The molecule has 1 amide bonds. The highest BCUT2D eigenvalue weighted by Crippen LogP contribution is 2.36. The zero-order valence-electron chi connectivity index (χ0n) is 14.8. The van der Waals surface area contributed by atoms with Gasteiger partial charge in [-0.25, -0.2) is 4.68 Å². The average molecular weight is 352 g/mol. The summed E-state index contributed by atoms with van der Waals surface area (Å²) >= 11 is 0. The summed E-state index contributed by atoms with van der Waals surface area (Å²) in [5, 5.41) is 18.8. The highest BCUT2D eigenvalue weighted by Gasteiger charge is 2.28. The van der Waals surface area contributed by atoms with Gasteiger partial charge in [-0.1, -0.05) is 17.3 Å². The molecule has 134 valence electrons. The molecule has 1 aliphatic rings. The molecule has 1 aliphatic carbocycles. The second-order valence-electron chi connectivity index (χ2n) is 6.61. The molecule has 1 saturated carbocycles. The number of hydrogen-bond acceptors (Lipinski definition) is 6. The van der Waals surface area contributed by atoms with Crippen LogP contribution in [0.5, 0.6) is 0 Å². The van der Waals surface area contributed by atoms with Crippen LogP contribution in [-0.2, 0) is 11.2 Å². The van der Waals surface area contributed by atoms with E-state index >= 15 is 0 Å². The lowest BCUT2D eigenvalue weighted by molar-refractivity contribution is -0.116. The summed E-state index contributed by atoms with van der Waals surface area (Å²) in [6.07, 6.45) is 3.19. The van der Waals surface area contributed by atoms with Gasteiger partial charge in [-0.3, -0.25) is 4.79 Å². The van der Waals surface area contributed by atoms with Crippen molar-refractivity contribution in [1.82, 2.24) is 25.4 Å². The Morgan fingerprint density at radius 1 is 1.35 bits per heavy atom. The Hall–Kier alpha value is -3.03. The van der Waals surface area contributed by atoms with Crippen LogP contribution < -0.4 is 5.32 Å². The van der Waals surface area contributed by atoms with E-state index in [1.807, 2.05) is 42.8 Å². The van der Waals surface area contributed by atoms with Gasteiger partial charge in [0.1, 0.15) is 5.76 Å². The minimum Gasteiger partial charge on any atom is -0.361 e. The molecule has 26 heavy (non-hydrogen) atoms. The average Bonchev–Trinajstić information content (AvgIpc) is 3.27. The SMILES string of the molecule is Cc1noc(C)c1CCC(=O)Nc1cccc(-c2nnnn2C2CC2)c1. The molecule has 0 spiro atoms. The maximum absolute atomic E-state index is 12.3. The molecule has 0 unspecified atom stereocenters. The molecule has 2 heterocycles. The largest absolute Gasteiger partial charge is 0.361 e. The van der Waals surface area contributed by atoms with Crippen molar-refractivity contribution < 1.29 is 9.32 Å². The number of aryl methyl sites for hydroxylation is 2. The lowest BCUT2D eigenvalue weighted by atomic mass is 10.1. The number of hydrogen-bond donors (Lipinski definition) is 1. The lowest BCUT2D eigenvalue weighted by Crippen LogP contribution is -2.12. The molecule has 3 aromatic rings. The van der Waals surface area contributed by atoms with E-state index in [2.05, 4.69) is 26.0 Å². The number of nitrogens with zero attached hydrogens (tertiary/aromatic N) is 5.